The van der Waals surface area contributed by atoms with Crippen LogP contribution in [0.3, 0.4) is 0 Å². The van der Waals surface area contributed by atoms with Crippen molar-refractivity contribution >= 4 is 11.6 Å². The van der Waals surface area contributed by atoms with Crippen molar-refractivity contribution in [1.29, 1.82) is 0 Å². The summed E-state index contributed by atoms with van der Waals surface area (Å²) in [5.41, 5.74) is 3.23. The Balaban J connectivity index is 1.76. The van der Waals surface area contributed by atoms with E-state index in [4.69, 9.17) is 16.3 Å². The van der Waals surface area contributed by atoms with Crippen molar-refractivity contribution in [3.63, 3.8) is 0 Å². The van der Waals surface area contributed by atoms with E-state index >= 15 is 0 Å². The molecule has 0 radical (unpaired) electrons. The Morgan fingerprint density at radius 1 is 1.13 bits per heavy atom. The number of aromatic nitrogens is 2. The molecule has 1 unspecified atom stereocenters. The van der Waals surface area contributed by atoms with Crippen LogP contribution in [0.25, 0.3) is 0 Å². The smallest absolute Gasteiger partial charge is 0.121 e. The zero-order valence-corrected chi connectivity index (χ0v) is 13.4. The normalized spacial score (nSPS) is 19.7. The highest BCUT2D eigenvalue weighted by molar-refractivity contribution is 6.30. The molecule has 0 bridgehead atoms. The molecule has 0 saturated heterocycles. The number of halogens is 1. The molecular formula is C19H17ClN2O. The summed E-state index contributed by atoms with van der Waals surface area (Å²) in [4.78, 5) is 4.12. The molecule has 1 atom stereocenters. The van der Waals surface area contributed by atoms with Gasteiger partial charge in [-0.25, -0.2) is 4.98 Å². The Labute approximate surface area is 140 Å². The average molecular weight is 325 g/mol. The topological polar surface area (TPSA) is 27.1 Å². The number of imidazole rings is 1. The SMILES string of the molecule is Clc1ccc(C2(CCn3ccnc3)OCc3ccccc32)cc1. The first-order chi connectivity index (χ1) is 11.3. The first-order valence-electron chi connectivity index (χ1n) is 7.72. The van der Waals surface area contributed by atoms with Crippen molar-refractivity contribution in [1.82, 2.24) is 9.55 Å². The standard InChI is InChI=1S/C19H17ClN2O/c20-17-7-5-16(6-8-17)19(9-11-22-12-10-21-14-22)18-4-2-1-3-15(18)13-23-19/h1-8,10,12,14H,9,11,13H2. The lowest BCUT2D eigenvalue weighted by atomic mass is 9.83. The summed E-state index contributed by atoms with van der Waals surface area (Å²) in [5, 5.41) is 0.741. The maximum atomic E-state index is 6.36. The Bertz CT molecular complexity index is 799. The number of aryl methyl sites for hydroxylation is 1. The van der Waals surface area contributed by atoms with E-state index in [9.17, 15) is 0 Å². The van der Waals surface area contributed by atoms with Crippen molar-refractivity contribution in [2.45, 2.75) is 25.2 Å². The van der Waals surface area contributed by atoms with Crippen LogP contribution in [0.15, 0.2) is 67.3 Å². The maximum absolute atomic E-state index is 6.36. The van der Waals surface area contributed by atoms with Gasteiger partial charge in [-0.1, -0.05) is 48.0 Å². The molecule has 1 aromatic heterocycles. The number of fused-ring (bicyclic) bond motifs is 1. The van der Waals surface area contributed by atoms with Crippen LogP contribution < -0.4 is 0 Å². The number of rotatable bonds is 4. The molecule has 0 aliphatic carbocycles. The lowest BCUT2D eigenvalue weighted by Crippen LogP contribution is -2.28. The number of hydrogen-bond acceptors (Lipinski definition) is 2. The third kappa shape index (κ3) is 2.56. The van der Waals surface area contributed by atoms with Gasteiger partial charge in [0.1, 0.15) is 5.60 Å². The highest BCUT2D eigenvalue weighted by atomic mass is 35.5. The van der Waals surface area contributed by atoms with Gasteiger partial charge in [-0.3, -0.25) is 0 Å². The molecule has 2 aromatic carbocycles. The molecule has 4 rings (SSSR count). The molecule has 0 spiro atoms. The molecule has 0 N–H and O–H groups in total. The Morgan fingerprint density at radius 3 is 2.74 bits per heavy atom. The van der Waals surface area contributed by atoms with E-state index in [1.54, 1.807) is 6.20 Å². The van der Waals surface area contributed by atoms with Gasteiger partial charge in [0.25, 0.3) is 0 Å². The molecule has 3 nitrogen and oxygen atoms in total. The van der Waals surface area contributed by atoms with Gasteiger partial charge in [0.15, 0.2) is 0 Å². The molecule has 0 amide bonds. The average Bonchev–Trinajstić information content (AvgIpc) is 3.22. The molecule has 4 heteroatoms. The summed E-state index contributed by atoms with van der Waals surface area (Å²) in [5.74, 6) is 0. The molecule has 23 heavy (non-hydrogen) atoms. The van der Waals surface area contributed by atoms with Gasteiger partial charge >= 0.3 is 0 Å². The number of ether oxygens (including phenoxy) is 1. The highest BCUT2D eigenvalue weighted by Crippen LogP contribution is 2.44. The largest absolute Gasteiger partial charge is 0.361 e. The van der Waals surface area contributed by atoms with Gasteiger partial charge in [0.2, 0.25) is 0 Å². The van der Waals surface area contributed by atoms with E-state index in [0.717, 1.165) is 23.6 Å². The van der Waals surface area contributed by atoms with Gasteiger partial charge in [-0.15, -0.1) is 0 Å². The van der Waals surface area contributed by atoms with E-state index in [1.165, 1.54) is 11.1 Å². The van der Waals surface area contributed by atoms with Gasteiger partial charge in [0, 0.05) is 30.4 Å². The Hall–Kier alpha value is -2.10. The quantitative estimate of drug-likeness (QED) is 0.711. The van der Waals surface area contributed by atoms with Gasteiger partial charge in [-0.2, -0.15) is 0 Å². The van der Waals surface area contributed by atoms with Crippen LogP contribution >= 0.6 is 11.6 Å². The molecule has 0 saturated carbocycles. The predicted octanol–water partition coefficient (Wildman–Crippen LogP) is 4.40. The molecule has 2 heterocycles. The Morgan fingerprint density at radius 2 is 1.96 bits per heavy atom. The lowest BCUT2D eigenvalue weighted by Gasteiger charge is -2.30. The van der Waals surface area contributed by atoms with E-state index < -0.39 is 5.60 Å². The van der Waals surface area contributed by atoms with Crippen LogP contribution in [0.4, 0.5) is 0 Å². The third-order valence-corrected chi connectivity index (χ3v) is 4.77. The van der Waals surface area contributed by atoms with Gasteiger partial charge in [0.05, 0.1) is 12.9 Å². The van der Waals surface area contributed by atoms with E-state index in [1.807, 2.05) is 24.7 Å². The van der Waals surface area contributed by atoms with Crippen LogP contribution in [0.2, 0.25) is 5.02 Å². The fourth-order valence-corrected chi connectivity index (χ4v) is 3.46. The fourth-order valence-electron chi connectivity index (χ4n) is 3.33. The molecule has 3 aromatic rings. The van der Waals surface area contributed by atoms with Crippen molar-refractivity contribution in [3.05, 3.63) is 89.0 Å². The van der Waals surface area contributed by atoms with Crippen molar-refractivity contribution in [2.24, 2.45) is 0 Å². The number of benzene rings is 2. The fraction of sp³-hybridized carbons (Fsp3) is 0.211. The first kappa shape index (κ1) is 14.5. The predicted molar refractivity (Wildman–Crippen MR) is 90.3 cm³/mol. The zero-order chi connectivity index (χ0) is 15.7. The lowest BCUT2D eigenvalue weighted by molar-refractivity contribution is -0.0145. The van der Waals surface area contributed by atoms with Crippen molar-refractivity contribution < 1.29 is 4.74 Å². The first-order valence-corrected chi connectivity index (χ1v) is 8.10. The second-order valence-electron chi connectivity index (χ2n) is 5.83. The third-order valence-electron chi connectivity index (χ3n) is 4.52. The highest BCUT2D eigenvalue weighted by Gasteiger charge is 2.41. The molecule has 116 valence electrons. The molecule has 1 aliphatic rings. The summed E-state index contributed by atoms with van der Waals surface area (Å²) < 4.78 is 8.44. The van der Waals surface area contributed by atoms with E-state index in [2.05, 4.69) is 45.9 Å². The summed E-state index contributed by atoms with van der Waals surface area (Å²) >= 11 is 6.07. The minimum Gasteiger partial charge on any atom is -0.361 e. The number of hydrogen-bond donors (Lipinski definition) is 0. The monoisotopic (exact) mass is 324 g/mol. The second-order valence-corrected chi connectivity index (χ2v) is 6.27. The van der Waals surface area contributed by atoms with E-state index in [-0.39, 0.29) is 0 Å². The van der Waals surface area contributed by atoms with Crippen LogP contribution in [-0.4, -0.2) is 9.55 Å². The minimum absolute atomic E-state index is 0.425. The van der Waals surface area contributed by atoms with Crippen LogP contribution in [0.1, 0.15) is 23.1 Å². The maximum Gasteiger partial charge on any atom is 0.121 e. The zero-order valence-electron chi connectivity index (χ0n) is 12.7. The Kier molecular flexibility index (Phi) is 3.68. The van der Waals surface area contributed by atoms with Crippen LogP contribution in [0.5, 0.6) is 0 Å². The molecule has 0 fully saturated rings. The molecular weight excluding hydrogens is 308 g/mol. The van der Waals surface area contributed by atoms with Gasteiger partial charge in [-0.05, 0) is 28.8 Å². The summed E-state index contributed by atoms with van der Waals surface area (Å²) in [6.07, 6.45) is 6.48. The number of nitrogens with zero attached hydrogens (tertiary/aromatic N) is 2. The minimum atomic E-state index is -0.425. The summed E-state index contributed by atoms with van der Waals surface area (Å²) in [6, 6.07) is 16.5. The van der Waals surface area contributed by atoms with Crippen LogP contribution in [-0.2, 0) is 23.5 Å². The van der Waals surface area contributed by atoms with Gasteiger partial charge < -0.3 is 9.30 Å². The summed E-state index contributed by atoms with van der Waals surface area (Å²) in [7, 11) is 0. The van der Waals surface area contributed by atoms with Crippen LogP contribution in [0, 0.1) is 0 Å². The summed E-state index contributed by atoms with van der Waals surface area (Å²) in [6.45, 7) is 1.49. The van der Waals surface area contributed by atoms with Crippen molar-refractivity contribution in [2.75, 3.05) is 0 Å². The second kappa shape index (κ2) is 5.84. The molecule has 1 aliphatic heterocycles. The van der Waals surface area contributed by atoms with E-state index in [0.29, 0.717) is 6.61 Å². The van der Waals surface area contributed by atoms with Crippen molar-refractivity contribution in [3.8, 4) is 0 Å².